The third-order valence-corrected chi connectivity index (χ3v) is 4.38. The SMILES string of the molecule is COC(=O)[C@H]1C[C@@]2(CCO2)c2c1cnc1cc(Cl)nn21. The van der Waals surface area contributed by atoms with Gasteiger partial charge in [-0.2, -0.15) is 5.10 Å². The molecule has 0 bridgehead atoms. The standard InChI is InChI=1S/C13H12ClN3O3/c1-19-12(18)7-5-13(2-3-20-13)11-8(7)6-15-10-4-9(14)16-17(10)11/h4,6-7H,2-3,5H2,1H3/t7-,13-/m0/s1. The summed E-state index contributed by atoms with van der Waals surface area (Å²) >= 11 is 5.96. The summed E-state index contributed by atoms with van der Waals surface area (Å²) in [5.74, 6) is -0.617. The normalized spacial score (nSPS) is 27.6. The number of fused-ring (bicyclic) bond motifs is 4. The molecule has 0 amide bonds. The van der Waals surface area contributed by atoms with Crippen LogP contribution in [0, 0.1) is 0 Å². The van der Waals surface area contributed by atoms with E-state index in [-0.39, 0.29) is 11.9 Å². The van der Waals surface area contributed by atoms with E-state index in [4.69, 9.17) is 21.1 Å². The van der Waals surface area contributed by atoms with Crippen molar-refractivity contribution >= 4 is 23.2 Å². The molecule has 1 aliphatic heterocycles. The monoisotopic (exact) mass is 293 g/mol. The predicted octanol–water partition coefficient (Wildman–Crippen LogP) is 1.66. The first-order valence-corrected chi connectivity index (χ1v) is 6.79. The third kappa shape index (κ3) is 1.40. The molecule has 2 aromatic heterocycles. The minimum Gasteiger partial charge on any atom is -0.469 e. The maximum absolute atomic E-state index is 12.0. The Labute approximate surface area is 119 Å². The van der Waals surface area contributed by atoms with E-state index < -0.39 is 5.60 Å². The molecule has 0 unspecified atom stereocenters. The second-order valence-corrected chi connectivity index (χ2v) is 5.56. The van der Waals surface area contributed by atoms with Gasteiger partial charge in [0.05, 0.1) is 25.3 Å². The fourth-order valence-corrected chi connectivity index (χ4v) is 3.39. The van der Waals surface area contributed by atoms with Crippen LogP contribution in [0.3, 0.4) is 0 Å². The number of nitrogens with zero attached hydrogens (tertiary/aromatic N) is 3. The molecule has 6 nitrogen and oxygen atoms in total. The Morgan fingerprint density at radius 3 is 3.10 bits per heavy atom. The van der Waals surface area contributed by atoms with Crippen molar-refractivity contribution in [1.82, 2.24) is 14.6 Å². The van der Waals surface area contributed by atoms with Crippen LogP contribution >= 0.6 is 11.6 Å². The highest BCUT2D eigenvalue weighted by Gasteiger charge is 2.54. The van der Waals surface area contributed by atoms with Gasteiger partial charge in [-0.05, 0) is 6.42 Å². The van der Waals surface area contributed by atoms with Crippen LogP contribution in [-0.2, 0) is 19.9 Å². The summed E-state index contributed by atoms with van der Waals surface area (Å²) in [6, 6.07) is 1.69. The van der Waals surface area contributed by atoms with Gasteiger partial charge in [0.1, 0.15) is 5.60 Å². The lowest BCUT2D eigenvalue weighted by Gasteiger charge is -2.39. The van der Waals surface area contributed by atoms with Crippen LogP contribution in [0.15, 0.2) is 12.3 Å². The Morgan fingerprint density at radius 1 is 1.65 bits per heavy atom. The molecular formula is C13H12ClN3O3. The molecule has 104 valence electrons. The summed E-state index contributed by atoms with van der Waals surface area (Å²) in [6.45, 7) is 0.687. The van der Waals surface area contributed by atoms with E-state index in [0.29, 0.717) is 23.8 Å². The van der Waals surface area contributed by atoms with Crippen molar-refractivity contribution in [3.8, 4) is 0 Å². The highest BCUT2D eigenvalue weighted by Crippen LogP contribution is 2.53. The van der Waals surface area contributed by atoms with Crippen LogP contribution in [-0.4, -0.2) is 34.3 Å². The molecule has 3 heterocycles. The molecule has 7 heteroatoms. The fraction of sp³-hybridized carbons (Fsp3) is 0.462. The van der Waals surface area contributed by atoms with Crippen LogP contribution in [0.25, 0.3) is 5.65 Å². The first kappa shape index (κ1) is 12.1. The van der Waals surface area contributed by atoms with Gasteiger partial charge < -0.3 is 9.47 Å². The van der Waals surface area contributed by atoms with Crippen molar-refractivity contribution < 1.29 is 14.3 Å². The number of methoxy groups -OCH3 is 1. The Hall–Kier alpha value is -1.66. The molecule has 2 aromatic rings. The Morgan fingerprint density at radius 2 is 2.45 bits per heavy atom. The van der Waals surface area contributed by atoms with Crippen molar-refractivity contribution in [2.24, 2.45) is 0 Å². The molecule has 1 spiro atoms. The minimum atomic E-state index is -0.454. The van der Waals surface area contributed by atoms with Gasteiger partial charge >= 0.3 is 5.97 Å². The van der Waals surface area contributed by atoms with Gasteiger partial charge in [-0.25, -0.2) is 9.50 Å². The number of ether oxygens (including phenoxy) is 2. The maximum atomic E-state index is 12.0. The zero-order chi connectivity index (χ0) is 13.9. The lowest BCUT2D eigenvalue weighted by atomic mass is 9.90. The second-order valence-electron chi connectivity index (χ2n) is 5.17. The van der Waals surface area contributed by atoms with Crippen molar-refractivity contribution in [2.45, 2.75) is 24.4 Å². The summed E-state index contributed by atoms with van der Waals surface area (Å²) < 4.78 is 12.4. The van der Waals surface area contributed by atoms with E-state index in [2.05, 4.69) is 10.1 Å². The quantitative estimate of drug-likeness (QED) is 0.748. The summed E-state index contributed by atoms with van der Waals surface area (Å²) in [4.78, 5) is 16.3. The average Bonchev–Trinajstić information content (AvgIpc) is 2.93. The zero-order valence-corrected chi connectivity index (χ0v) is 11.6. The zero-order valence-electron chi connectivity index (χ0n) is 10.8. The van der Waals surface area contributed by atoms with Gasteiger partial charge in [-0.3, -0.25) is 4.79 Å². The number of carbonyl (C=O) groups is 1. The van der Waals surface area contributed by atoms with Crippen molar-refractivity contribution in [1.29, 1.82) is 0 Å². The Bertz CT molecular complexity index is 723. The largest absolute Gasteiger partial charge is 0.469 e. The number of carbonyl (C=O) groups excluding carboxylic acids is 1. The van der Waals surface area contributed by atoms with E-state index in [1.54, 1.807) is 16.8 Å². The summed E-state index contributed by atoms with van der Waals surface area (Å²) in [7, 11) is 1.39. The minimum absolute atomic E-state index is 0.266. The van der Waals surface area contributed by atoms with Gasteiger partial charge in [0.25, 0.3) is 0 Å². The van der Waals surface area contributed by atoms with E-state index in [9.17, 15) is 4.79 Å². The van der Waals surface area contributed by atoms with E-state index in [0.717, 1.165) is 17.7 Å². The van der Waals surface area contributed by atoms with Crippen LogP contribution in [0.4, 0.5) is 0 Å². The number of hydrogen-bond donors (Lipinski definition) is 0. The highest BCUT2D eigenvalue weighted by atomic mass is 35.5. The average molecular weight is 294 g/mol. The lowest BCUT2D eigenvalue weighted by molar-refractivity contribution is -0.164. The van der Waals surface area contributed by atoms with Gasteiger partial charge in [-0.15, -0.1) is 0 Å². The summed E-state index contributed by atoms with van der Waals surface area (Å²) in [5.41, 5.74) is 1.92. The third-order valence-electron chi connectivity index (χ3n) is 4.19. The predicted molar refractivity (Wildman–Crippen MR) is 69.6 cm³/mol. The molecule has 0 saturated carbocycles. The molecule has 20 heavy (non-hydrogen) atoms. The highest BCUT2D eigenvalue weighted by molar-refractivity contribution is 6.29. The van der Waals surface area contributed by atoms with Crippen molar-refractivity contribution in [3.63, 3.8) is 0 Å². The van der Waals surface area contributed by atoms with Gasteiger partial charge in [0.15, 0.2) is 10.8 Å². The molecule has 1 saturated heterocycles. The maximum Gasteiger partial charge on any atom is 0.313 e. The van der Waals surface area contributed by atoms with E-state index >= 15 is 0 Å². The number of aromatic nitrogens is 3. The second kappa shape index (κ2) is 3.93. The first-order chi connectivity index (χ1) is 9.64. The Balaban J connectivity index is 1.98. The molecule has 4 rings (SSSR count). The first-order valence-electron chi connectivity index (χ1n) is 6.41. The van der Waals surface area contributed by atoms with Crippen LogP contribution in [0.2, 0.25) is 5.15 Å². The lowest BCUT2D eigenvalue weighted by Crippen LogP contribution is -2.40. The smallest absolute Gasteiger partial charge is 0.313 e. The topological polar surface area (TPSA) is 65.7 Å². The number of halogens is 1. The molecule has 0 N–H and O–H groups in total. The van der Waals surface area contributed by atoms with Gasteiger partial charge in [0.2, 0.25) is 0 Å². The van der Waals surface area contributed by atoms with Crippen LogP contribution < -0.4 is 0 Å². The molecule has 1 fully saturated rings. The summed E-state index contributed by atoms with van der Waals surface area (Å²) in [6.07, 6.45) is 3.15. The number of esters is 1. The Kier molecular flexibility index (Phi) is 2.38. The van der Waals surface area contributed by atoms with E-state index in [1.165, 1.54) is 7.11 Å². The van der Waals surface area contributed by atoms with Crippen LogP contribution in [0.5, 0.6) is 0 Å². The molecule has 0 radical (unpaired) electrons. The summed E-state index contributed by atoms with van der Waals surface area (Å²) in [5, 5.41) is 4.65. The molecular weight excluding hydrogens is 282 g/mol. The van der Waals surface area contributed by atoms with Crippen LogP contribution in [0.1, 0.15) is 30.0 Å². The van der Waals surface area contributed by atoms with Crippen molar-refractivity contribution in [2.75, 3.05) is 13.7 Å². The van der Waals surface area contributed by atoms with E-state index in [1.807, 2.05) is 0 Å². The fourth-order valence-electron chi connectivity index (χ4n) is 3.22. The number of hydrogen-bond acceptors (Lipinski definition) is 5. The molecule has 1 aliphatic carbocycles. The van der Waals surface area contributed by atoms with Gasteiger partial charge in [0, 0.05) is 24.2 Å². The van der Waals surface area contributed by atoms with Gasteiger partial charge in [-0.1, -0.05) is 11.6 Å². The molecule has 2 atom stereocenters. The van der Waals surface area contributed by atoms with Crippen molar-refractivity contribution in [3.05, 3.63) is 28.7 Å². The molecule has 2 aliphatic rings. The molecule has 0 aromatic carbocycles. The number of rotatable bonds is 1.